The first-order valence-electron chi connectivity index (χ1n) is 9.17. The van der Waals surface area contributed by atoms with Crippen LogP contribution in [0.3, 0.4) is 0 Å². The molecule has 3 aromatic rings. The Morgan fingerprint density at radius 2 is 1.64 bits per heavy atom. The van der Waals surface area contributed by atoms with Crippen molar-refractivity contribution in [2.45, 2.75) is 6.42 Å². The second-order valence-electron chi connectivity index (χ2n) is 6.24. The van der Waals surface area contributed by atoms with Crippen LogP contribution in [-0.4, -0.2) is 26.2 Å². The lowest BCUT2D eigenvalue weighted by Gasteiger charge is -2.10. The Labute approximate surface area is 165 Å². The molecule has 0 atom stereocenters. The van der Waals surface area contributed by atoms with E-state index < -0.39 is 0 Å². The molecule has 3 aromatic carbocycles. The lowest BCUT2D eigenvalue weighted by Crippen LogP contribution is -2.21. The van der Waals surface area contributed by atoms with Crippen LogP contribution in [0.25, 0.3) is 0 Å². The van der Waals surface area contributed by atoms with Crippen molar-refractivity contribution in [3.63, 3.8) is 0 Å². The summed E-state index contributed by atoms with van der Waals surface area (Å²) in [5.41, 5.74) is 2.81. The minimum Gasteiger partial charge on any atom is -0.497 e. The summed E-state index contributed by atoms with van der Waals surface area (Å²) < 4.78 is 10.9. The number of methoxy groups -OCH3 is 1. The Hall–Kier alpha value is -3.47. The molecule has 5 heteroatoms. The van der Waals surface area contributed by atoms with Gasteiger partial charge in [-0.1, -0.05) is 36.4 Å². The Bertz CT molecular complexity index is 880. The Kier molecular flexibility index (Phi) is 6.90. The lowest BCUT2D eigenvalue weighted by molar-refractivity contribution is -0.114. The van der Waals surface area contributed by atoms with E-state index in [-0.39, 0.29) is 12.5 Å². The number of hydrogen-bond donors (Lipinski definition) is 2. The highest BCUT2D eigenvalue weighted by Crippen LogP contribution is 2.18. The third-order valence-corrected chi connectivity index (χ3v) is 4.16. The van der Waals surface area contributed by atoms with Crippen LogP contribution in [0, 0.1) is 0 Å². The van der Waals surface area contributed by atoms with Crippen molar-refractivity contribution in [2.75, 3.05) is 30.9 Å². The first kappa shape index (κ1) is 19.3. The van der Waals surface area contributed by atoms with Crippen molar-refractivity contribution in [3.8, 4) is 11.5 Å². The summed E-state index contributed by atoms with van der Waals surface area (Å²) in [6, 6.07) is 25.1. The predicted molar refractivity (Wildman–Crippen MR) is 112 cm³/mol. The maximum Gasteiger partial charge on any atom is 0.243 e. The molecule has 0 aliphatic carbocycles. The Morgan fingerprint density at radius 3 is 2.39 bits per heavy atom. The first-order valence-corrected chi connectivity index (χ1v) is 9.17. The largest absolute Gasteiger partial charge is 0.497 e. The van der Waals surface area contributed by atoms with Crippen LogP contribution in [0.4, 0.5) is 11.4 Å². The molecule has 28 heavy (non-hydrogen) atoms. The summed E-state index contributed by atoms with van der Waals surface area (Å²) in [7, 11) is 1.61. The van der Waals surface area contributed by atoms with Gasteiger partial charge in [0.25, 0.3) is 0 Å². The van der Waals surface area contributed by atoms with Crippen molar-refractivity contribution in [1.82, 2.24) is 0 Å². The lowest BCUT2D eigenvalue weighted by atomic mass is 10.2. The van der Waals surface area contributed by atoms with Gasteiger partial charge in [0.2, 0.25) is 5.91 Å². The van der Waals surface area contributed by atoms with Gasteiger partial charge in [-0.2, -0.15) is 0 Å². The van der Waals surface area contributed by atoms with Crippen molar-refractivity contribution in [2.24, 2.45) is 0 Å². The van der Waals surface area contributed by atoms with Gasteiger partial charge in [-0.3, -0.25) is 4.79 Å². The molecule has 1 amide bonds. The number of carbonyl (C=O) groups is 1. The molecule has 0 saturated heterocycles. The van der Waals surface area contributed by atoms with E-state index in [4.69, 9.17) is 9.47 Å². The molecule has 0 saturated carbocycles. The van der Waals surface area contributed by atoms with E-state index in [0.717, 1.165) is 29.3 Å². The molecule has 0 heterocycles. The van der Waals surface area contributed by atoms with E-state index >= 15 is 0 Å². The minimum atomic E-state index is -0.124. The third-order valence-electron chi connectivity index (χ3n) is 4.16. The molecule has 0 aliphatic rings. The molecule has 5 nitrogen and oxygen atoms in total. The molecule has 0 radical (unpaired) electrons. The van der Waals surface area contributed by atoms with E-state index in [1.54, 1.807) is 7.11 Å². The van der Waals surface area contributed by atoms with Gasteiger partial charge in [-0.05, 0) is 42.0 Å². The number of hydrogen-bond acceptors (Lipinski definition) is 4. The first-order chi connectivity index (χ1) is 13.7. The molecule has 0 fully saturated rings. The van der Waals surface area contributed by atoms with Crippen LogP contribution in [0.15, 0.2) is 78.9 Å². The highest BCUT2D eigenvalue weighted by atomic mass is 16.5. The average Bonchev–Trinajstić information content (AvgIpc) is 2.74. The maximum atomic E-state index is 12.1. The van der Waals surface area contributed by atoms with Crippen molar-refractivity contribution < 1.29 is 14.3 Å². The van der Waals surface area contributed by atoms with Crippen molar-refractivity contribution in [1.29, 1.82) is 0 Å². The summed E-state index contributed by atoms with van der Waals surface area (Å²) in [6.07, 6.45) is 0.856. The van der Waals surface area contributed by atoms with Gasteiger partial charge in [0.1, 0.15) is 11.5 Å². The van der Waals surface area contributed by atoms with Gasteiger partial charge in [0.15, 0.2) is 0 Å². The van der Waals surface area contributed by atoms with Gasteiger partial charge >= 0.3 is 0 Å². The highest BCUT2D eigenvalue weighted by molar-refractivity contribution is 5.93. The van der Waals surface area contributed by atoms with Gasteiger partial charge in [0, 0.05) is 23.9 Å². The number of ether oxygens (including phenoxy) is 2. The molecule has 2 N–H and O–H groups in total. The van der Waals surface area contributed by atoms with E-state index in [0.29, 0.717) is 6.61 Å². The molecule has 0 aromatic heterocycles. The van der Waals surface area contributed by atoms with Crippen LogP contribution in [0.1, 0.15) is 5.56 Å². The van der Waals surface area contributed by atoms with Crippen LogP contribution in [-0.2, 0) is 11.2 Å². The van der Waals surface area contributed by atoms with Crippen molar-refractivity contribution in [3.05, 3.63) is 84.4 Å². The smallest absolute Gasteiger partial charge is 0.243 e. The Balaban J connectivity index is 1.42. The van der Waals surface area contributed by atoms with Crippen LogP contribution >= 0.6 is 0 Å². The summed E-state index contributed by atoms with van der Waals surface area (Å²) in [5, 5.41) is 5.94. The van der Waals surface area contributed by atoms with Crippen LogP contribution in [0.2, 0.25) is 0 Å². The molecule has 144 valence electrons. The van der Waals surface area contributed by atoms with Gasteiger partial charge < -0.3 is 20.1 Å². The zero-order chi connectivity index (χ0) is 19.6. The Morgan fingerprint density at radius 1 is 0.857 bits per heavy atom. The standard InChI is InChI=1S/C23H24N2O3/c1-27-22-9-5-8-20(16-22)24-17-23(26)25-19-10-12-21(13-11-19)28-15-14-18-6-3-2-4-7-18/h2-13,16,24H,14-15,17H2,1H3,(H,25,26). The van der Waals surface area contributed by atoms with E-state index in [9.17, 15) is 4.79 Å². The summed E-state index contributed by atoms with van der Waals surface area (Å²) >= 11 is 0. The summed E-state index contributed by atoms with van der Waals surface area (Å²) in [4.78, 5) is 12.1. The zero-order valence-electron chi connectivity index (χ0n) is 15.9. The summed E-state index contributed by atoms with van der Waals surface area (Å²) in [6.45, 7) is 0.780. The SMILES string of the molecule is COc1cccc(NCC(=O)Nc2ccc(OCCc3ccccc3)cc2)c1. The number of rotatable bonds is 9. The van der Waals surface area contributed by atoms with Gasteiger partial charge in [0.05, 0.1) is 20.3 Å². The number of benzene rings is 3. The monoisotopic (exact) mass is 376 g/mol. The number of amides is 1. The van der Waals surface area contributed by atoms with Gasteiger partial charge in [-0.25, -0.2) is 0 Å². The second-order valence-corrected chi connectivity index (χ2v) is 6.24. The molecular formula is C23H24N2O3. The second kappa shape index (κ2) is 10.0. The zero-order valence-corrected chi connectivity index (χ0v) is 15.9. The van der Waals surface area contributed by atoms with Crippen LogP contribution in [0.5, 0.6) is 11.5 Å². The van der Waals surface area contributed by atoms with Gasteiger partial charge in [-0.15, -0.1) is 0 Å². The average molecular weight is 376 g/mol. The fraction of sp³-hybridized carbons (Fsp3) is 0.174. The fourth-order valence-corrected chi connectivity index (χ4v) is 2.69. The maximum absolute atomic E-state index is 12.1. The van der Waals surface area contributed by atoms with Crippen molar-refractivity contribution >= 4 is 17.3 Å². The van der Waals surface area contributed by atoms with E-state index in [1.165, 1.54) is 5.56 Å². The topological polar surface area (TPSA) is 59.6 Å². The van der Waals surface area contributed by atoms with Crippen LogP contribution < -0.4 is 20.1 Å². The molecule has 0 aliphatic heterocycles. The predicted octanol–water partition coefficient (Wildman–Crippen LogP) is 4.37. The minimum absolute atomic E-state index is 0.124. The quantitative estimate of drug-likeness (QED) is 0.582. The molecular weight excluding hydrogens is 352 g/mol. The normalized spacial score (nSPS) is 10.2. The van der Waals surface area contributed by atoms with E-state index in [2.05, 4.69) is 22.8 Å². The number of anilines is 2. The highest BCUT2D eigenvalue weighted by Gasteiger charge is 2.04. The third kappa shape index (κ3) is 6.06. The number of nitrogens with one attached hydrogen (secondary N) is 2. The summed E-state index contributed by atoms with van der Waals surface area (Å²) in [5.74, 6) is 1.40. The fourth-order valence-electron chi connectivity index (χ4n) is 2.69. The molecule has 0 spiro atoms. The molecule has 0 bridgehead atoms. The molecule has 0 unspecified atom stereocenters. The molecule has 3 rings (SSSR count). The van der Waals surface area contributed by atoms with E-state index in [1.807, 2.05) is 66.7 Å². The number of carbonyl (C=O) groups excluding carboxylic acids is 1.